The highest BCUT2D eigenvalue weighted by molar-refractivity contribution is 6.05. The Morgan fingerprint density at radius 1 is 1.00 bits per heavy atom. The number of ether oxygens (including phenoxy) is 1. The Morgan fingerprint density at radius 3 is 2.39 bits per heavy atom. The molecule has 8 heteroatoms. The van der Waals surface area contributed by atoms with Crippen LogP contribution in [0, 0.1) is 5.92 Å². The van der Waals surface area contributed by atoms with Gasteiger partial charge in [0.05, 0.1) is 18.2 Å². The van der Waals surface area contributed by atoms with Crippen LogP contribution in [-0.2, 0) is 6.18 Å². The van der Waals surface area contributed by atoms with Gasteiger partial charge in [0.2, 0.25) is 0 Å². The van der Waals surface area contributed by atoms with Crippen LogP contribution in [-0.4, -0.2) is 36.4 Å². The zero-order chi connectivity index (χ0) is 23.6. The summed E-state index contributed by atoms with van der Waals surface area (Å²) in [6, 6.07) is 9.08. The van der Waals surface area contributed by atoms with E-state index in [1.54, 1.807) is 18.2 Å². The summed E-state index contributed by atoms with van der Waals surface area (Å²) in [6.45, 7) is 0.732. The fourth-order valence-corrected chi connectivity index (χ4v) is 4.99. The number of methoxy groups -OCH3 is 1. The van der Waals surface area contributed by atoms with Crippen molar-refractivity contribution in [2.24, 2.45) is 5.92 Å². The number of nitrogens with one attached hydrogen (secondary N) is 1. The number of alkyl halides is 3. The summed E-state index contributed by atoms with van der Waals surface area (Å²) in [5, 5.41) is 2.66. The smallest absolute Gasteiger partial charge is 0.416 e. The number of amides is 2. The molecular weight excluding hydrogens is 433 g/mol. The maximum atomic E-state index is 13.4. The first-order valence-corrected chi connectivity index (χ1v) is 11.3. The van der Waals surface area contributed by atoms with Gasteiger partial charge in [-0.1, -0.05) is 12.8 Å². The fourth-order valence-electron chi connectivity index (χ4n) is 4.99. The van der Waals surface area contributed by atoms with E-state index in [4.69, 9.17) is 4.74 Å². The topological polar surface area (TPSA) is 58.6 Å². The van der Waals surface area contributed by atoms with E-state index < -0.39 is 17.6 Å². The van der Waals surface area contributed by atoms with Crippen LogP contribution in [0.4, 0.5) is 18.9 Å². The molecule has 2 unspecified atom stereocenters. The van der Waals surface area contributed by atoms with Gasteiger partial charge >= 0.3 is 6.18 Å². The number of carbonyl (C=O) groups excluding carboxylic acids is 2. The molecule has 0 bridgehead atoms. The maximum Gasteiger partial charge on any atom is 0.416 e. The molecule has 176 valence electrons. The Morgan fingerprint density at radius 2 is 1.70 bits per heavy atom. The van der Waals surface area contributed by atoms with Crippen LogP contribution in [0.5, 0.6) is 5.75 Å². The van der Waals surface area contributed by atoms with E-state index in [9.17, 15) is 22.8 Å². The number of benzene rings is 2. The highest BCUT2D eigenvalue weighted by Gasteiger charge is 2.36. The Hall–Kier alpha value is -3.03. The number of fused-ring (bicyclic) bond motifs is 1. The van der Waals surface area contributed by atoms with E-state index in [-0.39, 0.29) is 17.5 Å². The molecule has 2 aliphatic rings. The Kier molecular flexibility index (Phi) is 6.63. The molecule has 1 aliphatic heterocycles. The van der Waals surface area contributed by atoms with Gasteiger partial charge in [0.25, 0.3) is 11.8 Å². The van der Waals surface area contributed by atoms with Crippen molar-refractivity contribution in [2.75, 3.05) is 19.0 Å². The fraction of sp³-hybridized carbons (Fsp3) is 0.440. The highest BCUT2D eigenvalue weighted by atomic mass is 19.4. The van der Waals surface area contributed by atoms with E-state index >= 15 is 0 Å². The average molecular weight is 460 g/mol. The van der Waals surface area contributed by atoms with Gasteiger partial charge in [0, 0.05) is 29.9 Å². The molecular formula is C25H27F3N2O3. The summed E-state index contributed by atoms with van der Waals surface area (Å²) in [5.41, 5.74) is 0.110. The molecule has 1 aliphatic carbocycles. The molecule has 4 rings (SSSR count). The zero-order valence-corrected chi connectivity index (χ0v) is 18.5. The Bertz CT molecular complexity index is 1020. The summed E-state index contributed by atoms with van der Waals surface area (Å²) >= 11 is 0. The van der Waals surface area contributed by atoms with Gasteiger partial charge in [-0.15, -0.1) is 0 Å². The normalized spacial score (nSPS) is 20.7. The van der Waals surface area contributed by atoms with Crippen molar-refractivity contribution in [3.8, 4) is 5.75 Å². The molecule has 1 N–H and O–H groups in total. The van der Waals surface area contributed by atoms with Crippen LogP contribution >= 0.6 is 0 Å². The lowest BCUT2D eigenvalue weighted by atomic mass is 9.78. The third-order valence-corrected chi connectivity index (χ3v) is 6.67. The van der Waals surface area contributed by atoms with Gasteiger partial charge < -0.3 is 15.0 Å². The largest absolute Gasteiger partial charge is 0.496 e. The van der Waals surface area contributed by atoms with Gasteiger partial charge in [-0.05, 0) is 68.0 Å². The van der Waals surface area contributed by atoms with Crippen LogP contribution in [0.2, 0.25) is 0 Å². The van der Waals surface area contributed by atoms with E-state index in [2.05, 4.69) is 5.32 Å². The number of hydrogen-bond donors (Lipinski definition) is 1. The second kappa shape index (κ2) is 9.45. The molecule has 5 nitrogen and oxygen atoms in total. The summed E-state index contributed by atoms with van der Waals surface area (Å²) in [4.78, 5) is 27.8. The first kappa shape index (κ1) is 23.1. The van der Waals surface area contributed by atoms with Crippen molar-refractivity contribution in [1.82, 2.24) is 4.90 Å². The maximum absolute atomic E-state index is 13.4. The van der Waals surface area contributed by atoms with Crippen molar-refractivity contribution in [1.29, 1.82) is 0 Å². The number of hydrogen-bond acceptors (Lipinski definition) is 3. The Labute approximate surface area is 190 Å². The number of carbonyl (C=O) groups is 2. The molecule has 2 amide bonds. The van der Waals surface area contributed by atoms with Crippen LogP contribution in [0.25, 0.3) is 0 Å². The van der Waals surface area contributed by atoms with Crippen LogP contribution < -0.4 is 10.1 Å². The first-order valence-electron chi connectivity index (χ1n) is 11.3. The molecule has 2 aromatic rings. The number of rotatable bonds is 4. The van der Waals surface area contributed by atoms with Crippen LogP contribution in [0.15, 0.2) is 42.5 Å². The summed E-state index contributed by atoms with van der Waals surface area (Å²) < 4.78 is 43.7. The number of likely N-dealkylation sites (tertiary alicyclic amines) is 1. The van der Waals surface area contributed by atoms with Gasteiger partial charge in [0.15, 0.2) is 0 Å². The minimum atomic E-state index is -4.46. The third-order valence-electron chi connectivity index (χ3n) is 6.67. The van der Waals surface area contributed by atoms with Crippen molar-refractivity contribution in [2.45, 2.75) is 50.7 Å². The van der Waals surface area contributed by atoms with Crippen LogP contribution in [0.1, 0.15) is 64.8 Å². The van der Waals surface area contributed by atoms with E-state index in [1.165, 1.54) is 26.4 Å². The predicted octanol–water partition coefficient (Wildman–Crippen LogP) is 5.76. The molecule has 1 saturated heterocycles. The molecule has 0 spiro atoms. The molecule has 0 aromatic heterocycles. The Balaban J connectivity index is 1.49. The molecule has 1 heterocycles. The zero-order valence-electron chi connectivity index (χ0n) is 18.5. The monoisotopic (exact) mass is 460 g/mol. The lowest BCUT2D eigenvalue weighted by Gasteiger charge is -2.44. The number of piperidine rings is 1. The van der Waals surface area contributed by atoms with Gasteiger partial charge in [-0.3, -0.25) is 9.59 Å². The first-order chi connectivity index (χ1) is 15.8. The second-order valence-corrected chi connectivity index (χ2v) is 8.70. The minimum absolute atomic E-state index is 0.0657. The van der Waals surface area contributed by atoms with E-state index in [1.807, 2.05) is 4.90 Å². The minimum Gasteiger partial charge on any atom is -0.496 e. The molecule has 33 heavy (non-hydrogen) atoms. The molecule has 2 aromatic carbocycles. The van der Waals surface area contributed by atoms with Gasteiger partial charge in [-0.25, -0.2) is 0 Å². The van der Waals surface area contributed by atoms with E-state index in [0.29, 0.717) is 22.9 Å². The van der Waals surface area contributed by atoms with Crippen LogP contribution in [0.3, 0.4) is 0 Å². The standard InChI is InChI=1S/C25H27F3N2O3/c1-33-22-15-19(29-23(31)17-8-10-18(11-9-17)25(26,27)28)12-13-20(22)24(32)30-14-4-6-16-5-2-3-7-21(16)30/h8-13,15-16,21H,2-7,14H2,1H3,(H,29,31). The number of halogens is 3. The van der Waals surface area contributed by atoms with E-state index in [0.717, 1.165) is 50.1 Å². The number of nitrogens with zero attached hydrogens (tertiary/aromatic N) is 1. The third kappa shape index (κ3) is 4.99. The number of anilines is 1. The molecule has 2 fully saturated rings. The molecule has 0 radical (unpaired) electrons. The van der Waals surface area contributed by atoms with Crippen molar-refractivity contribution < 1.29 is 27.5 Å². The predicted molar refractivity (Wildman–Crippen MR) is 118 cm³/mol. The molecule has 1 saturated carbocycles. The summed E-state index contributed by atoms with van der Waals surface area (Å²) in [6.07, 6.45) is 2.26. The lowest BCUT2D eigenvalue weighted by Crippen LogP contribution is -2.49. The van der Waals surface area contributed by atoms with Crippen molar-refractivity contribution in [3.05, 3.63) is 59.2 Å². The van der Waals surface area contributed by atoms with Gasteiger partial charge in [-0.2, -0.15) is 13.2 Å². The summed E-state index contributed by atoms with van der Waals surface area (Å²) in [7, 11) is 1.47. The molecule has 2 atom stereocenters. The van der Waals surface area contributed by atoms with Crippen molar-refractivity contribution in [3.63, 3.8) is 0 Å². The quantitative estimate of drug-likeness (QED) is 0.631. The SMILES string of the molecule is COc1cc(NC(=O)c2ccc(C(F)(F)F)cc2)ccc1C(=O)N1CCCC2CCCCC21. The van der Waals surface area contributed by atoms with Crippen molar-refractivity contribution >= 4 is 17.5 Å². The summed E-state index contributed by atoms with van der Waals surface area (Å²) in [5.74, 6) is 0.294. The average Bonchev–Trinajstić information content (AvgIpc) is 2.82. The highest BCUT2D eigenvalue weighted by Crippen LogP contribution is 2.37. The second-order valence-electron chi connectivity index (χ2n) is 8.70. The van der Waals surface area contributed by atoms with Gasteiger partial charge in [0.1, 0.15) is 5.75 Å². The lowest BCUT2D eigenvalue weighted by molar-refractivity contribution is -0.137.